The molecule has 1 aliphatic carbocycles. The van der Waals surface area contributed by atoms with E-state index in [4.69, 9.17) is 0 Å². The van der Waals surface area contributed by atoms with E-state index in [-0.39, 0.29) is 11.9 Å². The highest BCUT2D eigenvalue weighted by Crippen LogP contribution is 2.21. The van der Waals surface area contributed by atoms with Crippen LogP contribution in [0.5, 0.6) is 0 Å². The molecular formula is C8H9NO. The number of hydrogen-bond donors (Lipinski definition) is 1. The summed E-state index contributed by atoms with van der Waals surface area (Å²) in [6.45, 7) is 0. The van der Waals surface area contributed by atoms with Gasteiger partial charge in [0, 0.05) is 12.3 Å². The summed E-state index contributed by atoms with van der Waals surface area (Å²) in [5, 5.41) is 2.88. The Bertz CT molecular complexity index is 195. The Morgan fingerprint density at radius 3 is 3.00 bits per heavy atom. The predicted molar refractivity (Wildman–Crippen MR) is 38.3 cm³/mol. The molecule has 2 nitrogen and oxygen atoms in total. The van der Waals surface area contributed by atoms with Crippen molar-refractivity contribution in [1.82, 2.24) is 5.32 Å². The summed E-state index contributed by atoms with van der Waals surface area (Å²) in [6, 6.07) is 0.275. The number of allylic oxidation sites excluding steroid dienone is 2. The van der Waals surface area contributed by atoms with Crippen LogP contribution in [0.25, 0.3) is 0 Å². The molecule has 10 heavy (non-hydrogen) atoms. The van der Waals surface area contributed by atoms with Gasteiger partial charge in [-0.25, -0.2) is 0 Å². The van der Waals surface area contributed by atoms with Gasteiger partial charge in [0.1, 0.15) is 0 Å². The predicted octanol–water partition coefficient (Wildman–Crippen LogP) is 0.617. The lowest BCUT2D eigenvalue weighted by Gasteiger charge is -2.12. The van der Waals surface area contributed by atoms with E-state index in [1.165, 1.54) is 0 Å². The molecule has 2 rings (SSSR count). The number of carbonyl (C=O) groups is 1. The smallest absolute Gasteiger partial charge is 0.221 e. The van der Waals surface area contributed by atoms with E-state index >= 15 is 0 Å². The molecule has 0 bridgehead atoms. The first-order valence-electron chi connectivity index (χ1n) is 3.50. The van der Waals surface area contributed by atoms with E-state index in [0.717, 1.165) is 0 Å². The molecular weight excluding hydrogens is 126 g/mol. The highest BCUT2D eigenvalue weighted by molar-refractivity contribution is 5.80. The lowest BCUT2D eigenvalue weighted by Crippen LogP contribution is -2.26. The Labute approximate surface area is 59.6 Å². The molecule has 0 spiro atoms. The van der Waals surface area contributed by atoms with Crippen LogP contribution in [0.4, 0.5) is 0 Å². The molecule has 0 aromatic heterocycles. The first-order valence-corrected chi connectivity index (χ1v) is 3.50. The number of fused-ring (bicyclic) bond motifs is 1. The van der Waals surface area contributed by atoms with Gasteiger partial charge in [-0.2, -0.15) is 0 Å². The average Bonchev–Trinajstić information content (AvgIpc) is 2.27. The summed E-state index contributed by atoms with van der Waals surface area (Å²) in [4.78, 5) is 10.8. The lowest BCUT2D eigenvalue weighted by molar-refractivity contribution is -0.119. The molecule has 2 atom stereocenters. The van der Waals surface area contributed by atoms with Gasteiger partial charge in [0.2, 0.25) is 5.91 Å². The van der Waals surface area contributed by atoms with Gasteiger partial charge in [0.25, 0.3) is 0 Å². The van der Waals surface area contributed by atoms with Crippen molar-refractivity contribution in [2.45, 2.75) is 12.5 Å². The van der Waals surface area contributed by atoms with E-state index in [9.17, 15) is 4.79 Å². The van der Waals surface area contributed by atoms with Crippen LogP contribution in [-0.4, -0.2) is 11.9 Å². The molecule has 1 amide bonds. The second kappa shape index (κ2) is 1.97. The third-order valence-corrected chi connectivity index (χ3v) is 2.00. The fourth-order valence-electron chi connectivity index (χ4n) is 1.46. The molecule has 2 unspecified atom stereocenters. The molecule has 52 valence electrons. The fraction of sp³-hybridized carbons (Fsp3) is 0.375. The van der Waals surface area contributed by atoms with Crippen molar-refractivity contribution in [3.05, 3.63) is 24.3 Å². The van der Waals surface area contributed by atoms with Crippen LogP contribution in [0.3, 0.4) is 0 Å². The topological polar surface area (TPSA) is 29.1 Å². The van der Waals surface area contributed by atoms with E-state index < -0.39 is 0 Å². The molecule has 2 aliphatic rings. The summed E-state index contributed by atoms with van der Waals surface area (Å²) in [7, 11) is 0. The van der Waals surface area contributed by atoms with Crippen LogP contribution in [0, 0.1) is 5.92 Å². The third-order valence-electron chi connectivity index (χ3n) is 2.00. The first kappa shape index (κ1) is 5.71. The van der Waals surface area contributed by atoms with E-state index in [1.807, 2.05) is 18.2 Å². The fourth-order valence-corrected chi connectivity index (χ4v) is 1.46. The van der Waals surface area contributed by atoms with Gasteiger partial charge in [0.05, 0.1) is 6.04 Å². The molecule has 1 saturated heterocycles. The molecule has 1 fully saturated rings. The summed E-state index contributed by atoms with van der Waals surface area (Å²) >= 11 is 0. The van der Waals surface area contributed by atoms with Gasteiger partial charge in [-0.05, 0) is 0 Å². The van der Waals surface area contributed by atoms with Gasteiger partial charge < -0.3 is 5.32 Å². The lowest BCUT2D eigenvalue weighted by atomic mass is 9.96. The number of rotatable bonds is 0. The van der Waals surface area contributed by atoms with E-state index in [2.05, 4.69) is 11.4 Å². The largest absolute Gasteiger partial charge is 0.349 e. The van der Waals surface area contributed by atoms with E-state index in [0.29, 0.717) is 12.3 Å². The quantitative estimate of drug-likeness (QED) is 0.518. The van der Waals surface area contributed by atoms with Crippen molar-refractivity contribution in [1.29, 1.82) is 0 Å². The molecule has 1 N–H and O–H groups in total. The normalized spacial score (nSPS) is 35.8. The summed E-state index contributed by atoms with van der Waals surface area (Å²) in [6.07, 6.45) is 8.76. The molecule has 1 heterocycles. The first-order chi connectivity index (χ1) is 4.86. The Balaban J connectivity index is 2.22. The van der Waals surface area contributed by atoms with Crippen LogP contribution in [0.2, 0.25) is 0 Å². The van der Waals surface area contributed by atoms with Gasteiger partial charge in [-0.1, -0.05) is 24.3 Å². The maximum atomic E-state index is 10.8. The summed E-state index contributed by atoms with van der Waals surface area (Å²) in [5.41, 5.74) is 0. The maximum absolute atomic E-state index is 10.8. The number of hydrogen-bond acceptors (Lipinski definition) is 1. The van der Waals surface area contributed by atoms with Gasteiger partial charge in [-0.15, -0.1) is 0 Å². The van der Waals surface area contributed by atoms with Crippen LogP contribution in [0.1, 0.15) is 6.42 Å². The zero-order chi connectivity index (χ0) is 6.97. The van der Waals surface area contributed by atoms with Crippen molar-refractivity contribution in [3.8, 4) is 0 Å². The number of nitrogens with one attached hydrogen (secondary N) is 1. The van der Waals surface area contributed by atoms with Crippen LogP contribution < -0.4 is 5.32 Å². The zero-order valence-corrected chi connectivity index (χ0v) is 5.58. The molecule has 2 heteroatoms. The monoisotopic (exact) mass is 135 g/mol. The second-order valence-corrected chi connectivity index (χ2v) is 2.73. The molecule has 0 aromatic rings. The van der Waals surface area contributed by atoms with Crippen molar-refractivity contribution in [2.75, 3.05) is 0 Å². The molecule has 0 aromatic carbocycles. The van der Waals surface area contributed by atoms with Crippen LogP contribution >= 0.6 is 0 Å². The minimum atomic E-state index is 0.172. The van der Waals surface area contributed by atoms with Crippen LogP contribution in [-0.2, 0) is 4.79 Å². The summed E-state index contributed by atoms with van der Waals surface area (Å²) in [5.74, 6) is 0.587. The average molecular weight is 135 g/mol. The zero-order valence-electron chi connectivity index (χ0n) is 5.58. The van der Waals surface area contributed by atoms with Crippen LogP contribution in [0.15, 0.2) is 24.3 Å². The van der Waals surface area contributed by atoms with Gasteiger partial charge in [-0.3, -0.25) is 4.79 Å². The van der Waals surface area contributed by atoms with Crippen molar-refractivity contribution in [3.63, 3.8) is 0 Å². The Hall–Kier alpha value is -1.05. The molecule has 1 aliphatic heterocycles. The van der Waals surface area contributed by atoms with Crippen molar-refractivity contribution >= 4 is 5.91 Å². The number of carbonyl (C=O) groups excluding carboxylic acids is 1. The van der Waals surface area contributed by atoms with E-state index in [1.54, 1.807) is 0 Å². The minimum Gasteiger partial charge on any atom is -0.349 e. The van der Waals surface area contributed by atoms with Crippen molar-refractivity contribution < 1.29 is 4.79 Å². The minimum absolute atomic E-state index is 0.172. The third kappa shape index (κ3) is 0.764. The Morgan fingerprint density at radius 1 is 1.40 bits per heavy atom. The summed E-state index contributed by atoms with van der Waals surface area (Å²) < 4.78 is 0. The van der Waals surface area contributed by atoms with Crippen molar-refractivity contribution in [2.24, 2.45) is 5.92 Å². The SMILES string of the molecule is O=C1CC2C=CC=CC2N1. The van der Waals surface area contributed by atoms with Gasteiger partial charge in [0.15, 0.2) is 0 Å². The Morgan fingerprint density at radius 2 is 2.20 bits per heavy atom. The Kier molecular flexibility index (Phi) is 1.13. The second-order valence-electron chi connectivity index (χ2n) is 2.73. The molecule has 0 radical (unpaired) electrons. The standard InChI is InChI=1S/C8H9NO/c10-8-5-6-3-1-2-4-7(6)9-8/h1-4,6-7H,5H2,(H,9,10). The molecule has 0 saturated carbocycles. The highest BCUT2D eigenvalue weighted by atomic mass is 16.1. The highest BCUT2D eigenvalue weighted by Gasteiger charge is 2.28. The van der Waals surface area contributed by atoms with Gasteiger partial charge >= 0.3 is 0 Å². The number of amides is 1. The maximum Gasteiger partial charge on any atom is 0.221 e.